The van der Waals surface area contributed by atoms with Gasteiger partial charge in [-0.15, -0.1) is 0 Å². The molecule has 0 aromatic heterocycles. The monoisotopic (exact) mass is 220 g/mol. The highest BCUT2D eigenvalue weighted by molar-refractivity contribution is 6.00. The summed E-state index contributed by atoms with van der Waals surface area (Å²) in [7, 11) is 0. The van der Waals surface area contributed by atoms with E-state index in [4.69, 9.17) is 5.21 Å². The fourth-order valence-corrected chi connectivity index (χ4v) is 1.69. The van der Waals surface area contributed by atoms with Gasteiger partial charge >= 0.3 is 0 Å². The van der Waals surface area contributed by atoms with Crippen LogP contribution in [0.1, 0.15) is 25.8 Å². The second kappa shape index (κ2) is 7.01. The van der Waals surface area contributed by atoms with Crippen LogP contribution in [0.2, 0.25) is 0 Å². The normalized spacial score (nSPS) is 12.1. The van der Waals surface area contributed by atoms with Gasteiger partial charge < -0.3 is 10.1 Å². The Bertz CT molecular complexity index is 318. The first-order valence-corrected chi connectivity index (χ1v) is 5.80. The molecule has 0 saturated heterocycles. The van der Waals surface area contributed by atoms with E-state index in [1.165, 1.54) is 0 Å². The molecule has 0 heterocycles. The largest absolute Gasteiger partial charge is 0.411 e. The van der Waals surface area contributed by atoms with E-state index >= 15 is 0 Å². The molecule has 1 aromatic rings. The summed E-state index contributed by atoms with van der Waals surface area (Å²) >= 11 is 0. The van der Waals surface area contributed by atoms with Gasteiger partial charge in [0, 0.05) is 13.0 Å². The zero-order chi connectivity index (χ0) is 11.8. The molecule has 88 valence electrons. The Morgan fingerprint density at radius 2 is 1.81 bits per heavy atom. The summed E-state index contributed by atoms with van der Waals surface area (Å²) in [5.74, 6) is 0. The number of rotatable bonds is 6. The Hall–Kier alpha value is -1.35. The second-order valence-electron chi connectivity index (χ2n) is 3.69. The highest BCUT2D eigenvalue weighted by Crippen LogP contribution is 2.05. The Balaban J connectivity index is 2.58. The lowest BCUT2D eigenvalue weighted by Gasteiger charge is -2.17. The fourth-order valence-electron chi connectivity index (χ4n) is 1.69. The third kappa shape index (κ3) is 3.66. The van der Waals surface area contributed by atoms with Crippen LogP contribution in [0.3, 0.4) is 0 Å². The van der Waals surface area contributed by atoms with Crippen molar-refractivity contribution >= 4 is 5.71 Å². The molecule has 0 aliphatic heterocycles. The van der Waals surface area contributed by atoms with E-state index < -0.39 is 0 Å². The van der Waals surface area contributed by atoms with Crippen molar-refractivity contribution in [3.63, 3.8) is 0 Å². The highest BCUT2D eigenvalue weighted by Gasteiger charge is 2.06. The molecule has 0 spiro atoms. The first-order chi connectivity index (χ1) is 7.81. The van der Waals surface area contributed by atoms with E-state index in [0.717, 1.165) is 37.3 Å². The third-order valence-electron chi connectivity index (χ3n) is 2.79. The first kappa shape index (κ1) is 12.7. The van der Waals surface area contributed by atoms with Gasteiger partial charge in [0.05, 0.1) is 5.71 Å². The molecule has 16 heavy (non-hydrogen) atoms. The molecule has 1 aromatic carbocycles. The molecule has 0 fully saturated rings. The van der Waals surface area contributed by atoms with Crippen LogP contribution in [0.15, 0.2) is 35.5 Å². The van der Waals surface area contributed by atoms with E-state index in [2.05, 4.69) is 23.9 Å². The average molecular weight is 220 g/mol. The number of hydrogen-bond donors (Lipinski definition) is 1. The van der Waals surface area contributed by atoms with Gasteiger partial charge in [0.25, 0.3) is 0 Å². The molecule has 3 nitrogen and oxygen atoms in total. The van der Waals surface area contributed by atoms with Crippen LogP contribution in [0.4, 0.5) is 0 Å². The summed E-state index contributed by atoms with van der Waals surface area (Å²) in [5, 5.41) is 12.4. The van der Waals surface area contributed by atoms with E-state index in [1.54, 1.807) is 0 Å². The van der Waals surface area contributed by atoms with Crippen molar-refractivity contribution in [3.05, 3.63) is 35.9 Å². The van der Waals surface area contributed by atoms with Crippen molar-refractivity contribution in [1.29, 1.82) is 0 Å². The van der Waals surface area contributed by atoms with Crippen molar-refractivity contribution in [2.24, 2.45) is 5.16 Å². The summed E-state index contributed by atoms with van der Waals surface area (Å²) < 4.78 is 0. The minimum atomic E-state index is 0.757. The number of hydrogen-bond acceptors (Lipinski definition) is 3. The minimum Gasteiger partial charge on any atom is -0.411 e. The maximum absolute atomic E-state index is 9.01. The standard InChI is InChI=1S/C13H20N2O/c1-3-15(4-2)11-10-13(14-16)12-8-6-5-7-9-12/h5-9,16H,3-4,10-11H2,1-2H3/b14-13-. The Labute approximate surface area is 97.4 Å². The predicted molar refractivity (Wildman–Crippen MR) is 67.2 cm³/mol. The molecule has 0 unspecified atom stereocenters. The van der Waals surface area contributed by atoms with Gasteiger partial charge in [-0.1, -0.05) is 49.3 Å². The molecule has 0 aliphatic rings. The van der Waals surface area contributed by atoms with Crippen molar-refractivity contribution < 1.29 is 5.21 Å². The molecule has 1 N–H and O–H groups in total. The van der Waals surface area contributed by atoms with E-state index in [9.17, 15) is 0 Å². The SMILES string of the molecule is CCN(CC)CC/C(=N/O)c1ccccc1. The molecule has 1 rings (SSSR count). The smallest absolute Gasteiger partial charge is 0.0880 e. The lowest BCUT2D eigenvalue weighted by molar-refractivity contribution is 0.302. The van der Waals surface area contributed by atoms with Gasteiger partial charge in [0.2, 0.25) is 0 Å². The third-order valence-corrected chi connectivity index (χ3v) is 2.79. The Morgan fingerprint density at radius 1 is 1.19 bits per heavy atom. The second-order valence-corrected chi connectivity index (χ2v) is 3.69. The van der Waals surface area contributed by atoms with Crippen LogP contribution in [-0.2, 0) is 0 Å². The van der Waals surface area contributed by atoms with Crippen LogP contribution >= 0.6 is 0 Å². The fraction of sp³-hybridized carbons (Fsp3) is 0.462. The van der Waals surface area contributed by atoms with Gasteiger partial charge in [-0.3, -0.25) is 0 Å². The Morgan fingerprint density at radius 3 is 2.31 bits per heavy atom. The van der Waals surface area contributed by atoms with Crippen LogP contribution < -0.4 is 0 Å². The van der Waals surface area contributed by atoms with E-state index in [0.29, 0.717) is 0 Å². The van der Waals surface area contributed by atoms with Gasteiger partial charge in [-0.2, -0.15) is 0 Å². The van der Waals surface area contributed by atoms with E-state index in [1.807, 2.05) is 30.3 Å². The number of benzene rings is 1. The van der Waals surface area contributed by atoms with Gasteiger partial charge in [-0.25, -0.2) is 0 Å². The first-order valence-electron chi connectivity index (χ1n) is 5.80. The maximum Gasteiger partial charge on any atom is 0.0880 e. The molecule has 3 heteroatoms. The summed E-state index contributed by atoms with van der Waals surface area (Å²) in [6.45, 7) is 7.28. The quantitative estimate of drug-likeness (QED) is 0.454. The van der Waals surface area contributed by atoms with Crippen LogP contribution in [0.5, 0.6) is 0 Å². The minimum absolute atomic E-state index is 0.757. The van der Waals surface area contributed by atoms with Gasteiger partial charge in [-0.05, 0) is 18.7 Å². The molecule has 0 atom stereocenters. The van der Waals surface area contributed by atoms with Gasteiger partial charge in [0.1, 0.15) is 0 Å². The zero-order valence-corrected chi connectivity index (χ0v) is 10.1. The summed E-state index contributed by atoms with van der Waals surface area (Å²) in [5.41, 5.74) is 1.75. The molecule has 0 amide bonds. The summed E-state index contributed by atoms with van der Waals surface area (Å²) in [6, 6.07) is 9.81. The van der Waals surface area contributed by atoms with E-state index in [-0.39, 0.29) is 0 Å². The van der Waals surface area contributed by atoms with Crippen molar-refractivity contribution in [1.82, 2.24) is 4.90 Å². The van der Waals surface area contributed by atoms with Gasteiger partial charge in [0.15, 0.2) is 0 Å². The number of nitrogens with zero attached hydrogens (tertiary/aromatic N) is 2. The van der Waals surface area contributed by atoms with Crippen LogP contribution in [-0.4, -0.2) is 35.5 Å². The van der Waals surface area contributed by atoms with Crippen LogP contribution in [0.25, 0.3) is 0 Å². The lowest BCUT2D eigenvalue weighted by Crippen LogP contribution is -2.26. The average Bonchev–Trinajstić information content (AvgIpc) is 2.36. The summed E-state index contributed by atoms with van der Waals surface area (Å²) in [4.78, 5) is 2.31. The molecule has 0 radical (unpaired) electrons. The molecular weight excluding hydrogens is 200 g/mol. The summed E-state index contributed by atoms with van der Waals surface area (Å²) in [6.07, 6.45) is 0.780. The molecule has 0 bridgehead atoms. The topological polar surface area (TPSA) is 35.8 Å². The molecule has 0 saturated carbocycles. The predicted octanol–water partition coefficient (Wildman–Crippen LogP) is 2.60. The molecular formula is C13H20N2O. The van der Waals surface area contributed by atoms with Crippen LogP contribution in [0, 0.1) is 0 Å². The lowest BCUT2D eigenvalue weighted by atomic mass is 10.1. The van der Waals surface area contributed by atoms with Crippen molar-refractivity contribution in [2.75, 3.05) is 19.6 Å². The Kier molecular flexibility index (Phi) is 5.57. The highest BCUT2D eigenvalue weighted by atomic mass is 16.4. The van der Waals surface area contributed by atoms with Crippen molar-refractivity contribution in [2.45, 2.75) is 20.3 Å². The number of oxime groups is 1. The molecule has 0 aliphatic carbocycles. The maximum atomic E-state index is 9.01. The van der Waals surface area contributed by atoms with Crippen molar-refractivity contribution in [3.8, 4) is 0 Å². The zero-order valence-electron chi connectivity index (χ0n) is 10.1.